The van der Waals surface area contributed by atoms with Crippen LogP contribution < -0.4 is 14.2 Å². The van der Waals surface area contributed by atoms with Crippen LogP contribution in [0.25, 0.3) is 0 Å². The molecule has 0 N–H and O–H groups in total. The fraction of sp³-hybridized carbons (Fsp3) is 0.300. The minimum atomic E-state index is -4.37. The molecule has 10 heteroatoms. The summed E-state index contributed by atoms with van der Waals surface area (Å²) >= 11 is 14.9. The first kappa shape index (κ1) is 24.6. The predicted octanol–water partition coefficient (Wildman–Crippen LogP) is 7.83. The monoisotopic (exact) mass is 530 g/mol. The molecule has 164 valence electrons. The standard InChI is InChI=1S/C20H17BrCl2F4O3/c21-18(24)7-10-29-15-11-16(22)19(17(23)12-15)30-9-2-1-8-28-14-5-3-13(4-6-14)20(25,26)27/h3-7,11-12H,1-2,8-10H2/b18-7+. The highest BCUT2D eigenvalue weighted by molar-refractivity contribution is 9.11. The molecule has 0 spiro atoms. The van der Waals surface area contributed by atoms with E-state index in [0.29, 0.717) is 43.3 Å². The molecular weight excluding hydrogens is 515 g/mol. The van der Waals surface area contributed by atoms with Crippen molar-refractivity contribution in [2.75, 3.05) is 19.8 Å². The fourth-order valence-corrected chi connectivity index (χ4v) is 2.98. The maximum Gasteiger partial charge on any atom is 0.416 e. The van der Waals surface area contributed by atoms with E-state index in [9.17, 15) is 17.6 Å². The minimum absolute atomic E-state index is 0.00285. The van der Waals surface area contributed by atoms with Crippen molar-refractivity contribution in [1.29, 1.82) is 0 Å². The van der Waals surface area contributed by atoms with Crippen molar-refractivity contribution >= 4 is 39.1 Å². The molecule has 0 radical (unpaired) electrons. The summed E-state index contributed by atoms with van der Waals surface area (Å²) in [6.07, 6.45) is -1.95. The van der Waals surface area contributed by atoms with Gasteiger partial charge in [0.15, 0.2) is 10.5 Å². The number of rotatable bonds is 10. The van der Waals surface area contributed by atoms with Gasteiger partial charge in [0.1, 0.15) is 18.1 Å². The lowest BCUT2D eigenvalue weighted by molar-refractivity contribution is -0.137. The molecule has 0 fully saturated rings. The summed E-state index contributed by atoms with van der Waals surface area (Å²) in [5.41, 5.74) is -0.722. The second-order valence-electron chi connectivity index (χ2n) is 5.95. The first-order chi connectivity index (χ1) is 14.2. The van der Waals surface area contributed by atoms with E-state index < -0.39 is 16.5 Å². The zero-order valence-corrected chi connectivity index (χ0v) is 18.5. The van der Waals surface area contributed by atoms with Crippen LogP contribution in [0.5, 0.6) is 17.2 Å². The van der Waals surface area contributed by atoms with Crippen molar-refractivity contribution in [3.63, 3.8) is 0 Å². The largest absolute Gasteiger partial charge is 0.494 e. The summed E-state index contributed by atoms with van der Waals surface area (Å²) in [4.78, 5) is 0. The number of hydrogen-bond donors (Lipinski definition) is 0. The molecule has 2 aromatic carbocycles. The lowest BCUT2D eigenvalue weighted by Gasteiger charge is -2.12. The molecule has 0 aromatic heterocycles. The number of ether oxygens (including phenoxy) is 3. The molecule has 0 aliphatic heterocycles. The van der Waals surface area contributed by atoms with E-state index in [1.54, 1.807) is 0 Å². The first-order valence-corrected chi connectivity index (χ1v) is 10.3. The normalized spacial score (nSPS) is 12.0. The van der Waals surface area contributed by atoms with Crippen molar-refractivity contribution in [2.45, 2.75) is 19.0 Å². The summed E-state index contributed by atoms with van der Waals surface area (Å²) in [6, 6.07) is 7.53. The van der Waals surface area contributed by atoms with Gasteiger partial charge in [-0.25, -0.2) is 0 Å². The summed E-state index contributed by atoms with van der Waals surface area (Å²) in [5, 5.41) is 0.503. The number of hydrogen-bond acceptors (Lipinski definition) is 3. The molecule has 2 aromatic rings. The lowest BCUT2D eigenvalue weighted by Crippen LogP contribution is -2.05. The second kappa shape index (κ2) is 11.7. The highest BCUT2D eigenvalue weighted by atomic mass is 79.9. The number of alkyl halides is 3. The molecule has 0 aliphatic carbocycles. The second-order valence-corrected chi connectivity index (χ2v) is 7.52. The molecule has 2 rings (SSSR count). The van der Waals surface area contributed by atoms with Crippen molar-refractivity contribution in [1.82, 2.24) is 0 Å². The molecular formula is C20H17BrCl2F4O3. The Morgan fingerprint density at radius 2 is 1.47 bits per heavy atom. The highest BCUT2D eigenvalue weighted by Crippen LogP contribution is 2.37. The van der Waals surface area contributed by atoms with Gasteiger partial charge in [0.2, 0.25) is 0 Å². The molecule has 0 saturated heterocycles. The maximum atomic E-state index is 12.6. The Hall–Kier alpha value is -1.64. The Balaban J connectivity index is 1.73. The maximum absolute atomic E-state index is 12.6. The van der Waals surface area contributed by atoms with E-state index >= 15 is 0 Å². The third-order valence-corrected chi connectivity index (χ3v) is 4.58. The molecule has 3 nitrogen and oxygen atoms in total. The van der Waals surface area contributed by atoms with Crippen LogP contribution in [0.1, 0.15) is 18.4 Å². The zero-order valence-electron chi connectivity index (χ0n) is 15.4. The molecule has 0 amide bonds. The van der Waals surface area contributed by atoms with Crippen LogP contribution in [0.2, 0.25) is 10.0 Å². The Morgan fingerprint density at radius 3 is 2.00 bits per heavy atom. The molecule has 0 saturated carbocycles. The van der Waals surface area contributed by atoms with Gasteiger partial charge in [-0.1, -0.05) is 23.2 Å². The summed E-state index contributed by atoms with van der Waals surface area (Å²) < 4.78 is 65.9. The molecule has 0 aliphatic rings. The summed E-state index contributed by atoms with van der Waals surface area (Å²) in [7, 11) is 0. The molecule has 0 heterocycles. The van der Waals surface area contributed by atoms with Crippen molar-refractivity contribution < 1.29 is 31.8 Å². The van der Waals surface area contributed by atoms with Gasteiger partial charge in [-0.05, 0) is 59.1 Å². The third kappa shape index (κ3) is 8.24. The van der Waals surface area contributed by atoms with E-state index in [-0.39, 0.29) is 16.7 Å². The van der Waals surface area contributed by atoms with Gasteiger partial charge in [0.05, 0.1) is 28.8 Å². The van der Waals surface area contributed by atoms with Gasteiger partial charge in [-0.15, -0.1) is 0 Å². The predicted molar refractivity (Wildman–Crippen MR) is 112 cm³/mol. The summed E-state index contributed by atoms with van der Waals surface area (Å²) in [6.45, 7) is 0.636. The Bertz CT molecular complexity index is 831. The number of benzene rings is 2. The average Bonchev–Trinajstić information content (AvgIpc) is 2.65. The van der Waals surface area contributed by atoms with E-state index in [1.807, 2.05) is 0 Å². The Labute approximate surface area is 189 Å². The number of unbranched alkanes of at least 4 members (excludes halogenated alkanes) is 1. The molecule has 0 unspecified atom stereocenters. The first-order valence-electron chi connectivity index (χ1n) is 8.72. The van der Waals surface area contributed by atoms with Crippen LogP contribution in [0, 0.1) is 0 Å². The highest BCUT2D eigenvalue weighted by Gasteiger charge is 2.29. The number of halogens is 7. The average molecular weight is 532 g/mol. The molecule has 0 bridgehead atoms. The van der Waals surface area contributed by atoms with Crippen molar-refractivity contribution in [3.8, 4) is 17.2 Å². The fourth-order valence-electron chi connectivity index (χ4n) is 2.27. The molecule has 0 atom stereocenters. The lowest BCUT2D eigenvalue weighted by atomic mass is 10.2. The SMILES string of the molecule is F/C(Br)=C/COc1cc(Cl)c(OCCCCOc2ccc(C(F)(F)F)cc2)c(Cl)c1. The van der Waals surface area contributed by atoms with Gasteiger partial charge >= 0.3 is 6.18 Å². The van der Waals surface area contributed by atoms with E-state index in [1.165, 1.54) is 30.3 Å². The van der Waals surface area contributed by atoms with Crippen LogP contribution in [0.15, 0.2) is 47.2 Å². The van der Waals surface area contributed by atoms with Gasteiger partial charge in [0, 0.05) is 12.1 Å². The van der Waals surface area contributed by atoms with Crippen LogP contribution in [-0.4, -0.2) is 19.8 Å². The topological polar surface area (TPSA) is 27.7 Å². The van der Waals surface area contributed by atoms with Crippen molar-refractivity contribution in [2.24, 2.45) is 0 Å². The van der Waals surface area contributed by atoms with Crippen LogP contribution in [-0.2, 0) is 6.18 Å². The quantitative estimate of drug-likeness (QED) is 0.231. The van der Waals surface area contributed by atoms with Gasteiger partial charge < -0.3 is 14.2 Å². The van der Waals surface area contributed by atoms with Gasteiger partial charge in [0.25, 0.3) is 0 Å². The van der Waals surface area contributed by atoms with E-state index in [4.69, 9.17) is 37.4 Å². The van der Waals surface area contributed by atoms with Gasteiger partial charge in [-0.2, -0.15) is 17.6 Å². The minimum Gasteiger partial charge on any atom is -0.494 e. The van der Waals surface area contributed by atoms with E-state index in [2.05, 4.69) is 15.9 Å². The molecule has 30 heavy (non-hydrogen) atoms. The van der Waals surface area contributed by atoms with Crippen LogP contribution in [0.3, 0.4) is 0 Å². The smallest absolute Gasteiger partial charge is 0.416 e. The Kier molecular flexibility index (Phi) is 9.58. The van der Waals surface area contributed by atoms with Crippen molar-refractivity contribution in [3.05, 3.63) is 62.8 Å². The van der Waals surface area contributed by atoms with Crippen LogP contribution in [0.4, 0.5) is 17.6 Å². The van der Waals surface area contributed by atoms with Gasteiger partial charge in [-0.3, -0.25) is 0 Å². The zero-order chi connectivity index (χ0) is 22.1. The summed E-state index contributed by atoms with van der Waals surface area (Å²) in [5.74, 6) is 1.03. The van der Waals surface area contributed by atoms with Crippen LogP contribution >= 0.6 is 39.1 Å². The van der Waals surface area contributed by atoms with E-state index in [0.717, 1.165) is 12.1 Å². The Morgan fingerprint density at radius 1 is 0.900 bits per heavy atom. The third-order valence-electron chi connectivity index (χ3n) is 3.69.